The SMILES string of the molecule is CCCCCCCCCCCCCCCCC(=O)O[C@H](COC(=O)CCCCCCCCCCCCCC)COP(=O)(O)OC[C@@H](O)COP(=O)(O)OC[C@@H](COC(=O)CCCCCCCCC(C)C)OC(=O)CCCCCCCCCCCC. The molecule has 0 rings (SSSR count). The summed E-state index contributed by atoms with van der Waals surface area (Å²) >= 11 is 0. The van der Waals surface area contributed by atoms with Crippen molar-refractivity contribution in [2.24, 2.45) is 5.92 Å². The third-order valence-corrected chi connectivity index (χ3v) is 17.2. The fraction of sp³-hybridized carbons (Fsp3) is 0.939. The van der Waals surface area contributed by atoms with Gasteiger partial charge in [0.05, 0.1) is 26.4 Å². The molecule has 0 aliphatic carbocycles. The first-order valence-electron chi connectivity index (χ1n) is 34.6. The Kier molecular flexibility index (Phi) is 58.3. The topological polar surface area (TPSA) is 237 Å². The van der Waals surface area contributed by atoms with Crippen LogP contribution in [-0.4, -0.2) is 96.7 Å². The zero-order valence-corrected chi connectivity index (χ0v) is 56.5. The van der Waals surface area contributed by atoms with Gasteiger partial charge in [0.1, 0.15) is 19.3 Å². The molecule has 2 unspecified atom stereocenters. The van der Waals surface area contributed by atoms with Crippen LogP contribution in [0.25, 0.3) is 0 Å². The van der Waals surface area contributed by atoms with Gasteiger partial charge in [-0.05, 0) is 31.6 Å². The highest BCUT2D eigenvalue weighted by Crippen LogP contribution is 2.45. The quantitative estimate of drug-likeness (QED) is 0.0222. The number of aliphatic hydroxyl groups excluding tert-OH is 1. The van der Waals surface area contributed by atoms with Gasteiger partial charge in [-0.1, -0.05) is 285 Å². The highest BCUT2D eigenvalue weighted by molar-refractivity contribution is 7.47. The van der Waals surface area contributed by atoms with Crippen molar-refractivity contribution in [2.75, 3.05) is 39.6 Å². The Labute approximate surface area is 517 Å². The van der Waals surface area contributed by atoms with Crippen LogP contribution < -0.4 is 0 Å². The van der Waals surface area contributed by atoms with E-state index in [0.717, 1.165) is 96.3 Å². The minimum atomic E-state index is -4.95. The molecule has 19 heteroatoms. The van der Waals surface area contributed by atoms with Gasteiger partial charge in [-0.15, -0.1) is 0 Å². The first-order valence-corrected chi connectivity index (χ1v) is 37.6. The Morgan fingerprint density at radius 2 is 0.541 bits per heavy atom. The van der Waals surface area contributed by atoms with Gasteiger partial charge in [0, 0.05) is 25.7 Å². The number of rotatable bonds is 66. The highest BCUT2D eigenvalue weighted by atomic mass is 31.2. The van der Waals surface area contributed by atoms with Crippen LogP contribution in [0, 0.1) is 5.92 Å². The lowest BCUT2D eigenvalue weighted by molar-refractivity contribution is -0.161. The molecular formula is C66H128O17P2. The average Bonchev–Trinajstić information content (AvgIpc) is 3.57. The van der Waals surface area contributed by atoms with Crippen molar-refractivity contribution in [3.8, 4) is 0 Å². The summed E-state index contributed by atoms with van der Waals surface area (Å²) in [4.78, 5) is 72.3. The van der Waals surface area contributed by atoms with E-state index in [2.05, 4.69) is 34.6 Å². The minimum absolute atomic E-state index is 0.106. The predicted molar refractivity (Wildman–Crippen MR) is 340 cm³/mol. The molecule has 0 heterocycles. The number of carbonyl (C=O) groups excluding carboxylic acids is 4. The molecule has 0 aromatic carbocycles. The van der Waals surface area contributed by atoms with Crippen molar-refractivity contribution in [2.45, 2.75) is 355 Å². The number of phosphoric ester groups is 2. The van der Waals surface area contributed by atoms with E-state index in [1.54, 1.807) is 0 Å². The summed E-state index contributed by atoms with van der Waals surface area (Å²) in [5, 5.41) is 10.5. The van der Waals surface area contributed by atoms with Crippen molar-refractivity contribution in [3.05, 3.63) is 0 Å². The largest absolute Gasteiger partial charge is 0.472 e. The Balaban J connectivity index is 5.23. The third-order valence-electron chi connectivity index (χ3n) is 15.3. The fourth-order valence-corrected chi connectivity index (χ4v) is 11.5. The molecule has 0 amide bonds. The standard InChI is InChI=1S/C66H128O17P2/c1-6-9-12-15-18-21-24-26-27-29-32-35-42-47-52-66(71)82-61(55-76-63(68)49-44-39-33-31-28-25-22-19-16-13-10-7-2)57-80-84(72,73)78-53-60(67)54-79-85(74,75)81-58-62(56-77-64(69)50-45-40-37-36-38-43-48-59(4)5)83-65(70)51-46-41-34-30-23-20-17-14-11-8-3/h59-62,67H,6-58H2,1-5H3,(H,72,73)(H,74,75)/t60-,61-,62-/m1/s1. The molecule has 0 radical (unpaired) electrons. The average molecular weight is 1260 g/mol. The summed E-state index contributed by atoms with van der Waals surface area (Å²) in [7, 11) is -9.89. The molecule has 17 nitrogen and oxygen atoms in total. The normalized spacial score (nSPS) is 14.2. The number of hydrogen-bond acceptors (Lipinski definition) is 15. The first kappa shape index (κ1) is 83.1. The molecule has 5 atom stereocenters. The second-order valence-corrected chi connectivity index (χ2v) is 27.2. The van der Waals surface area contributed by atoms with Crippen LogP contribution in [-0.2, 0) is 65.4 Å². The van der Waals surface area contributed by atoms with E-state index < -0.39 is 97.5 Å². The summed E-state index contributed by atoms with van der Waals surface area (Å²) < 4.78 is 68.1. The molecule has 0 aliphatic rings. The van der Waals surface area contributed by atoms with Gasteiger partial charge in [-0.3, -0.25) is 37.3 Å². The lowest BCUT2D eigenvalue weighted by atomic mass is 10.0. The number of esters is 4. The van der Waals surface area contributed by atoms with E-state index in [1.807, 2.05) is 0 Å². The number of ether oxygens (including phenoxy) is 4. The summed E-state index contributed by atoms with van der Waals surface area (Å²) in [6.45, 7) is 7.13. The van der Waals surface area contributed by atoms with Crippen molar-refractivity contribution in [3.63, 3.8) is 0 Å². The van der Waals surface area contributed by atoms with Crippen LogP contribution >= 0.6 is 15.6 Å². The number of unbranched alkanes of at least 4 members (excludes halogenated alkanes) is 38. The van der Waals surface area contributed by atoms with Gasteiger partial charge in [0.25, 0.3) is 0 Å². The molecule has 0 saturated heterocycles. The van der Waals surface area contributed by atoms with Crippen LogP contribution in [0.2, 0.25) is 0 Å². The molecule has 3 N–H and O–H groups in total. The molecule has 85 heavy (non-hydrogen) atoms. The second kappa shape index (κ2) is 59.7. The Hall–Kier alpha value is -1.94. The van der Waals surface area contributed by atoms with E-state index in [-0.39, 0.29) is 25.7 Å². The smallest absolute Gasteiger partial charge is 0.462 e. The van der Waals surface area contributed by atoms with Gasteiger partial charge in [0.15, 0.2) is 12.2 Å². The summed E-state index contributed by atoms with van der Waals surface area (Å²) in [5.41, 5.74) is 0. The van der Waals surface area contributed by atoms with Crippen LogP contribution in [0.3, 0.4) is 0 Å². The second-order valence-electron chi connectivity index (χ2n) is 24.3. The van der Waals surface area contributed by atoms with Gasteiger partial charge in [-0.2, -0.15) is 0 Å². The molecule has 0 aliphatic heterocycles. The molecule has 0 spiro atoms. The van der Waals surface area contributed by atoms with E-state index in [0.29, 0.717) is 31.6 Å². The van der Waals surface area contributed by atoms with Crippen LogP contribution in [0.15, 0.2) is 0 Å². The predicted octanol–water partition coefficient (Wildman–Crippen LogP) is 18.6. The molecule has 504 valence electrons. The Bertz CT molecular complexity index is 1650. The molecule has 0 fully saturated rings. The number of aliphatic hydroxyl groups is 1. The maximum absolute atomic E-state index is 13.0. The number of phosphoric acid groups is 2. The zero-order chi connectivity index (χ0) is 62.8. The van der Waals surface area contributed by atoms with E-state index in [9.17, 15) is 43.2 Å². The number of carbonyl (C=O) groups is 4. The molecule has 0 aromatic heterocycles. The molecule has 0 saturated carbocycles. The molecule has 0 bridgehead atoms. The van der Waals surface area contributed by atoms with Crippen molar-refractivity contribution in [1.29, 1.82) is 0 Å². The Morgan fingerprint density at radius 1 is 0.318 bits per heavy atom. The summed E-state index contributed by atoms with van der Waals surface area (Å²) in [5.74, 6) is -1.45. The van der Waals surface area contributed by atoms with Crippen molar-refractivity contribution >= 4 is 39.5 Å². The van der Waals surface area contributed by atoms with Gasteiger partial charge in [0.2, 0.25) is 0 Å². The fourth-order valence-electron chi connectivity index (χ4n) is 9.94. The van der Waals surface area contributed by atoms with E-state index in [1.165, 1.54) is 154 Å². The van der Waals surface area contributed by atoms with Gasteiger partial charge in [-0.25, -0.2) is 9.13 Å². The summed E-state index contributed by atoms with van der Waals surface area (Å²) in [6.07, 6.45) is 44.4. The van der Waals surface area contributed by atoms with E-state index in [4.69, 9.17) is 37.0 Å². The van der Waals surface area contributed by atoms with Crippen molar-refractivity contribution in [1.82, 2.24) is 0 Å². The monoisotopic (exact) mass is 1250 g/mol. The molecular weight excluding hydrogens is 1130 g/mol. The number of hydrogen-bond donors (Lipinski definition) is 3. The Morgan fingerprint density at radius 3 is 0.800 bits per heavy atom. The summed E-state index contributed by atoms with van der Waals surface area (Å²) in [6, 6.07) is 0. The zero-order valence-electron chi connectivity index (χ0n) is 54.7. The van der Waals surface area contributed by atoms with Crippen LogP contribution in [0.1, 0.15) is 336 Å². The maximum atomic E-state index is 13.0. The first-order chi connectivity index (χ1) is 41.0. The third kappa shape index (κ3) is 60.7. The maximum Gasteiger partial charge on any atom is 0.472 e. The van der Waals surface area contributed by atoms with E-state index >= 15 is 0 Å². The minimum Gasteiger partial charge on any atom is -0.462 e. The van der Waals surface area contributed by atoms with Crippen molar-refractivity contribution < 1.29 is 80.2 Å². The lowest BCUT2D eigenvalue weighted by Crippen LogP contribution is -2.30. The molecule has 0 aromatic rings. The van der Waals surface area contributed by atoms with Crippen LogP contribution in [0.5, 0.6) is 0 Å². The van der Waals surface area contributed by atoms with Gasteiger partial charge >= 0.3 is 39.5 Å². The lowest BCUT2D eigenvalue weighted by Gasteiger charge is -2.21. The highest BCUT2D eigenvalue weighted by Gasteiger charge is 2.30. The van der Waals surface area contributed by atoms with Gasteiger partial charge < -0.3 is 33.8 Å². The van der Waals surface area contributed by atoms with Crippen LogP contribution in [0.4, 0.5) is 0 Å².